The lowest BCUT2D eigenvalue weighted by Gasteiger charge is -2.12. The molecule has 0 aliphatic rings. The molecule has 16 heavy (non-hydrogen) atoms. The number of aromatic nitrogens is 1. The van der Waals surface area contributed by atoms with E-state index < -0.39 is 0 Å². The monoisotopic (exact) mass is 219 g/mol. The summed E-state index contributed by atoms with van der Waals surface area (Å²) in [6.45, 7) is 4.68. The van der Waals surface area contributed by atoms with Crippen LogP contribution in [0, 0.1) is 0 Å². The van der Waals surface area contributed by atoms with Crippen molar-refractivity contribution in [2.75, 3.05) is 11.9 Å². The molecular formula is C12H17N3O. The molecule has 0 amide bonds. The summed E-state index contributed by atoms with van der Waals surface area (Å²) in [7, 11) is 0. The second kappa shape index (κ2) is 4.53. The van der Waals surface area contributed by atoms with Gasteiger partial charge >= 0.3 is 0 Å². The van der Waals surface area contributed by atoms with Gasteiger partial charge in [-0.2, -0.15) is 0 Å². The maximum atomic E-state index is 5.56. The SMILES string of the molecule is CCc1nc2cc(NC(C)CN)ccc2o1. The van der Waals surface area contributed by atoms with E-state index in [1.165, 1.54) is 0 Å². The van der Waals surface area contributed by atoms with E-state index in [0.29, 0.717) is 6.54 Å². The fraction of sp³-hybridized carbons (Fsp3) is 0.417. The quantitative estimate of drug-likeness (QED) is 0.827. The first-order chi connectivity index (χ1) is 7.72. The van der Waals surface area contributed by atoms with E-state index in [-0.39, 0.29) is 6.04 Å². The first-order valence-corrected chi connectivity index (χ1v) is 5.59. The molecule has 0 fully saturated rings. The summed E-state index contributed by atoms with van der Waals surface area (Å²) in [4.78, 5) is 4.39. The van der Waals surface area contributed by atoms with E-state index in [1.807, 2.05) is 32.0 Å². The van der Waals surface area contributed by atoms with Crippen molar-refractivity contribution in [2.45, 2.75) is 26.3 Å². The minimum Gasteiger partial charge on any atom is -0.441 e. The standard InChI is InChI=1S/C12H17N3O/c1-3-12-15-10-6-9(14-8(2)7-13)4-5-11(10)16-12/h4-6,8,14H,3,7,13H2,1-2H3. The summed E-state index contributed by atoms with van der Waals surface area (Å²) in [6, 6.07) is 6.17. The van der Waals surface area contributed by atoms with E-state index in [9.17, 15) is 0 Å². The molecule has 1 heterocycles. The Balaban J connectivity index is 2.28. The first kappa shape index (κ1) is 11.0. The molecule has 0 saturated carbocycles. The Hall–Kier alpha value is -1.55. The third-order valence-electron chi connectivity index (χ3n) is 2.50. The Bertz CT molecular complexity index is 478. The zero-order valence-electron chi connectivity index (χ0n) is 9.66. The zero-order chi connectivity index (χ0) is 11.5. The van der Waals surface area contributed by atoms with E-state index in [4.69, 9.17) is 10.2 Å². The smallest absolute Gasteiger partial charge is 0.195 e. The van der Waals surface area contributed by atoms with Gasteiger partial charge in [0.25, 0.3) is 0 Å². The number of oxazole rings is 1. The predicted molar refractivity (Wildman–Crippen MR) is 65.5 cm³/mol. The Morgan fingerprint density at radius 1 is 1.50 bits per heavy atom. The van der Waals surface area contributed by atoms with Gasteiger partial charge < -0.3 is 15.5 Å². The van der Waals surface area contributed by atoms with Gasteiger partial charge in [0.15, 0.2) is 11.5 Å². The summed E-state index contributed by atoms with van der Waals surface area (Å²) < 4.78 is 5.54. The minimum absolute atomic E-state index is 0.259. The molecule has 2 rings (SSSR count). The van der Waals surface area contributed by atoms with Crippen molar-refractivity contribution >= 4 is 16.8 Å². The summed E-state index contributed by atoms with van der Waals surface area (Å²) in [5.41, 5.74) is 8.32. The van der Waals surface area contributed by atoms with Crippen LogP contribution in [0.25, 0.3) is 11.1 Å². The largest absolute Gasteiger partial charge is 0.441 e. The van der Waals surface area contributed by atoms with Gasteiger partial charge in [-0.25, -0.2) is 4.98 Å². The number of nitrogens with two attached hydrogens (primary N) is 1. The number of nitrogens with one attached hydrogen (secondary N) is 1. The van der Waals surface area contributed by atoms with Crippen LogP contribution < -0.4 is 11.1 Å². The van der Waals surface area contributed by atoms with Gasteiger partial charge in [0.1, 0.15) is 5.52 Å². The van der Waals surface area contributed by atoms with Gasteiger partial charge in [-0.1, -0.05) is 6.92 Å². The minimum atomic E-state index is 0.259. The molecule has 1 atom stereocenters. The molecule has 0 spiro atoms. The van der Waals surface area contributed by atoms with E-state index >= 15 is 0 Å². The maximum Gasteiger partial charge on any atom is 0.195 e. The predicted octanol–water partition coefficient (Wildman–Crippen LogP) is 2.15. The van der Waals surface area contributed by atoms with Gasteiger partial charge in [0.2, 0.25) is 0 Å². The normalized spacial score (nSPS) is 12.9. The number of nitrogens with zero attached hydrogens (tertiary/aromatic N) is 1. The molecule has 0 aliphatic heterocycles. The van der Waals surface area contributed by atoms with Crippen molar-refractivity contribution < 1.29 is 4.42 Å². The third kappa shape index (κ3) is 2.17. The first-order valence-electron chi connectivity index (χ1n) is 5.59. The van der Waals surface area contributed by atoms with Gasteiger partial charge in [-0.15, -0.1) is 0 Å². The number of benzene rings is 1. The molecule has 0 radical (unpaired) electrons. The fourth-order valence-electron chi connectivity index (χ4n) is 1.56. The summed E-state index contributed by atoms with van der Waals surface area (Å²) in [5, 5.41) is 3.30. The number of rotatable bonds is 4. The zero-order valence-corrected chi connectivity index (χ0v) is 9.66. The van der Waals surface area contributed by atoms with E-state index in [2.05, 4.69) is 10.3 Å². The fourth-order valence-corrected chi connectivity index (χ4v) is 1.56. The molecular weight excluding hydrogens is 202 g/mol. The molecule has 0 bridgehead atoms. The topological polar surface area (TPSA) is 64.1 Å². The molecule has 2 aromatic rings. The molecule has 0 saturated heterocycles. The van der Waals surface area contributed by atoms with E-state index in [1.54, 1.807) is 0 Å². The molecule has 1 aromatic carbocycles. The number of hydrogen-bond acceptors (Lipinski definition) is 4. The molecule has 86 valence electrons. The Kier molecular flexibility index (Phi) is 3.10. The molecule has 4 nitrogen and oxygen atoms in total. The molecule has 1 aromatic heterocycles. The maximum absolute atomic E-state index is 5.56. The van der Waals surface area contributed by atoms with Crippen LogP contribution in [-0.2, 0) is 6.42 Å². The van der Waals surface area contributed by atoms with Crippen molar-refractivity contribution in [1.82, 2.24) is 4.98 Å². The van der Waals surface area contributed by atoms with Crippen molar-refractivity contribution in [2.24, 2.45) is 5.73 Å². The highest BCUT2D eigenvalue weighted by molar-refractivity contribution is 5.77. The number of anilines is 1. The van der Waals surface area contributed by atoms with Crippen LogP contribution >= 0.6 is 0 Å². The molecule has 1 unspecified atom stereocenters. The molecule has 0 aliphatic carbocycles. The van der Waals surface area contributed by atoms with Crippen molar-refractivity contribution in [1.29, 1.82) is 0 Å². The average molecular weight is 219 g/mol. The summed E-state index contributed by atoms with van der Waals surface area (Å²) >= 11 is 0. The van der Waals surface area contributed by atoms with Crippen LogP contribution in [0.5, 0.6) is 0 Å². The average Bonchev–Trinajstić information content (AvgIpc) is 2.71. The van der Waals surface area contributed by atoms with Crippen LogP contribution in [-0.4, -0.2) is 17.6 Å². The van der Waals surface area contributed by atoms with Crippen molar-refractivity contribution in [3.63, 3.8) is 0 Å². The van der Waals surface area contributed by atoms with Crippen LogP contribution in [0.3, 0.4) is 0 Å². The lowest BCUT2D eigenvalue weighted by molar-refractivity contribution is 0.538. The van der Waals surface area contributed by atoms with Gasteiger partial charge in [-0.05, 0) is 25.1 Å². The Morgan fingerprint density at radius 2 is 2.31 bits per heavy atom. The molecule has 4 heteroatoms. The summed E-state index contributed by atoms with van der Waals surface area (Å²) in [5.74, 6) is 0.777. The van der Waals surface area contributed by atoms with E-state index in [0.717, 1.165) is 29.1 Å². The van der Waals surface area contributed by atoms with Crippen molar-refractivity contribution in [3.05, 3.63) is 24.1 Å². The van der Waals surface area contributed by atoms with Gasteiger partial charge in [-0.3, -0.25) is 0 Å². The second-order valence-electron chi connectivity index (χ2n) is 3.92. The van der Waals surface area contributed by atoms with Gasteiger partial charge in [0, 0.05) is 24.7 Å². The summed E-state index contributed by atoms with van der Waals surface area (Å²) in [6.07, 6.45) is 0.816. The highest BCUT2D eigenvalue weighted by atomic mass is 16.3. The van der Waals surface area contributed by atoms with Crippen molar-refractivity contribution in [3.8, 4) is 0 Å². The Morgan fingerprint density at radius 3 is 3.00 bits per heavy atom. The van der Waals surface area contributed by atoms with Crippen LogP contribution in [0.15, 0.2) is 22.6 Å². The van der Waals surface area contributed by atoms with Gasteiger partial charge in [0.05, 0.1) is 0 Å². The van der Waals surface area contributed by atoms with Crippen LogP contribution in [0.2, 0.25) is 0 Å². The van der Waals surface area contributed by atoms with Crippen LogP contribution in [0.1, 0.15) is 19.7 Å². The lowest BCUT2D eigenvalue weighted by atomic mass is 10.2. The highest BCUT2D eigenvalue weighted by Gasteiger charge is 2.05. The number of fused-ring (bicyclic) bond motifs is 1. The highest BCUT2D eigenvalue weighted by Crippen LogP contribution is 2.20. The third-order valence-corrected chi connectivity index (χ3v) is 2.50. The number of hydrogen-bond donors (Lipinski definition) is 2. The Labute approximate surface area is 94.8 Å². The number of aryl methyl sites for hydroxylation is 1. The lowest BCUT2D eigenvalue weighted by Crippen LogP contribution is -2.24. The van der Waals surface area contributed by atoms with Crippen LogP contribution in [0.4, 0.5) is 5.69 Å². The molecule has 3 N–H and O–H groups in total. The second-order valence-corrected chi connectivity index (χ2v) is 3.92.